The Morgan fingerprint density at radius 2 is 1.20 bits per heavy atom. The molecule has 8 heteroatoms. The molecule has 0 bridgehead atoms. The maximum atomic E-state index is 11.2. The molecule has 0 heterocycles. The first-order chi connectivity index (χ1) is 8.74. The van der Waals surface area contributed by atoms with Crippen LogP contribution in [0.3, 0.4) is 0 Å². The van der Waals surface area contributed by atoms with Crippen LogP contribution in [0.1, 0.15) is 6.92 Å². The van der Waals surface area contributed by atoms with Gasteiger partial charge in [-0.15, -0.1) is 0 Å². The van der Waals surface area contributed by atoms with Crippen molar-refractivity contribution in [2.24, 2.45) is 5.92 Å². The van der Waals surface area contributed by atoms with E-state index in [0.29, 0.717) is 0 Å². The highest BCUT2D eigenvalue weighted by Gasteiger charge is 2.42. The molecule has 0 amide bonds. The monoisotopic (exact) mass is 322 g/mol. The quantitative estimate of drug-likeness (QED) is 0.526. The largest absolute Gasteiger partial charge is 0.481 e. The van der Waals surface area contributed by atoms with E-state index in [-0.39, 0.29) is 0 Å². The van der Waals surface area contributed by atoms with Gasteiger partial charge in [-0.25, -0.2) is 0 Å². The average molecular weight is 323 g/mol. The molecule has 0 rings (SSSR count). The van der Waals surface area contributed by atoms with Gasteiger partial charge in [-0.1, -0.05) is 0 Å². The molecule has 0 radical (unpaired) electrons. The predicted octanol–water partition coefficient (Wildman–Crippen LogP) is 2.23. The van der Waals surface area contributed by atoms with E-state index in [2.05, 4.69) is 0 Å². The van der Waals surface area contributed by atoms with Crippen LogP contribution in [0.4, 0.5) is 0 Å². The van der Waals surface area contributed by atoms with E-state index < -0.39 is 46.7 Å². The number of carboxylic acid groups (broad SMARTS) is 2. The van der Waals surface area contributed by atoms with Crippen molar-refractivity contribution in [3.05, 3.63) is 0 Å². The Morgan fingerprint density at radius 1 is 0.850 bits per heavy atom. The lowest BCUT2D eigenvalue weighted by Crippen LogP contribution is -2.51. The van der Waals surface area contributed by atoms with Crippen LogP contribution in [0.2, 0.25) is 39.3 Å². The fourth-order valence-electron chi connectivity index (χ4n) is 1.85. The van der Waals surface area contributed by atoms with Crippen LogP contribution in [-0.2, 0) is 18.4 Å². The van der Waals surface area contributed by atoms with Crippen molar-refractivity contribution in [2.45, 2.75) is 58.4 Å². The third kappa shape index (κ3) is 7.18. The molecule has 0 aliphatic carbocycles. The lowest BCUT2D eigenvalue weighted by molar-refractivity contribution is -0.162. The van der Waals surface area contributed by atoms with Crippen molar-refractivity contribution in [1.29, 1.82) is 0 Å². The Bertz CT molecular complexity index is 344. The molecule has 0 saturated carbocycles. The Balaban J connectivity index is 5.35. The van der Waals surface area contributed by atoms with E-state index in [4.69, 9.17) is 19.1 Å². The van der Waals surface area contributed by atoms with Crippen molar-refractivity contribution in [2.75, 3.05) is 0 Å². The molecule has 0 aliphatic rings. The van der Waals surface area contributed by atoms with E-state index in [1.54, 1.807) is 6.92 Å². The minimum Gasteiger partial charge on any atom is -0.481 e. The van der Waals surface area contributed by atoms with Crippen LogP contribution in [0.5, 0.6) is 0 Å². The molecule has 0 saturated heterocycles. The van der Waals surface area contributed by atoms with Crippen LogP contribution in [-0.4, -0.2) is 51.0 Å². The number of hydrogen-bond donors (Lipinski definition) is 2. The van der Waals surface area contributed by atoms with Crippen LogP contribution < -0.4 is 0 Å². The van der Waals surface area contributed by atoms with Gasteiger partial charge in [0, 0.05) is 0 Å². The van der Waals surface area contributed by atoms with Gasteiger partial charge in [0.05, 0.1) is 12.2 Å². The third-order valence-corrected chi connectivity index (χ3v) is 4.41. The van der Waals surface area contributed by atoms with Crippen LogP contribution in [0.15, 0.2) is 0 Å². The molecule has 2 atom stereocenters. The summed E-state index contributed by atoms with van der Waals surface area (Å²) >= 11 is 0. The van der Waals surface area contributed by atoms with Gasteiger partial charge in [0.2, 0.25) is 0 Å². The summed E-state index contributed by atoms with van der Waals surface area (Å²) in [5.74, 6) is -4.41. The molecule has 20 heavy (non-hydrogen) atoms. The Hall–Kier alpha value is -0.706. The molecule has 2 N–H and O–H groups in total. The highest BCUT2D eigenvalue weighted by atomic mass is 28.4. The van der Waals surface area contributed by atoms with E-state index in [1.165, 1.54) is 0 Å². The van der Waals surface area contributed by atoms with Crippen LogP contribution in [0, 0.1) is 5.92 Å². The van der Waals surface area contributed by atoms with Crippen molar-refractivity contribution < 1.29 is 28.7 Å². The number of hydrogen-bond acceptors (Lipinski definition) is 4. The zero-order valence-corrected chi connectivity index (χ0v) is 15.3. The second-order valence-corrected chi connectivity index (χ2v) is 15.7. The summed E-state index contributed by atoms with van der Waals surface area (Å²) in [6.45, 7) is 13.2. The van der Waals surface area contributed by atoms with Gasteiger partial charge in [0.1, 0.15) is 0 Å². The first kappa shape index (κ1) is 19.3. The molecule has 2 unspecified atom stereocenters. The van der Waals surface area contributed by atoms with E-state index >= 15 is 0 Å². The summed E-state index contributed by atoms with van der Waals surface area (Å²) in [5, 5.41) is 18.3. The second-order valence-electron chi connectivity index (χ2n) is 6.78. The van der Waals surface area contributed by atoms with Gasteiger partial charge < -0.3 is 19.1 Å². The average Bonchev–Trinajstić information content (AvgIpc) is 2.09. The van der Waals surface area contributed by atoms with Crippen molar-refractivity contribution in [3.63, 3.8) is 0 Å². The Kier molecular flexibility index (Phi) is 6.59. The van der Waals surface area contributed by atoms with Gasteiger partial charge in [-0.2, -0.15) is 0 Å². The van der Waals surface area contributed by atoms with E-state index in [1.807, 2.05) is 39.3 Å². The first-order valence-corrected chi connectivity index (χ1v) is 13.4. The number of aliphatic carboxylic acids is 2. The lowest BCUT2D eigenvalue weighted by Gasteiger charge is -2.35. The lowest BCUT2D eigenvalue weighted by atomic mass is 9.99. The summed E-state index contributed by atoms with van der Waals surface area (Å²) in [6, 6.07) is 0. The van der Waals surface area contributed by atoms with Crippen molar-refractivity contribution in [1.82, 2.24) is 0 Å². The minimum atomic E-state index is -2.10. The van der Waals surface area contributed by atoms with E-state index in [0.717, 1.165) is 0 Å². The summed E-state index contributed by atoms with van der Waals surface area (Å²) in [7, 11) is -4.03. The van der Waals surface area contributed by atoms with Crippen LogP contribution >= 0.6 is 0 Å². The zero-order chi connectivity index (χ0) is 16.3. The van der Waals surface area contributed by atoms with Gasteiger partial charge >= 0.3 is 11.9 Å². The molecule has 118 valence electrons. The Morgan fingerprint density at radius 3 is 1.45 bits per heavy atom. The van der Waals surface area contributed by atoms with Crippen molar-refractivity contribution >= 4 is 28.6 Å². The fourth-order valence-corrected chi connectivity index (χ4v) is 4.25. The molecule has 0 aromatic rings. The summed E-state index contributed by atoms with van der Waals surface area (Å²) < 4.78 is 11.6. The summed E-state index contributed by atoms with van der Waals surface area (Å²) in [6.07, 6.45) is -1.56. The molecular formula is C12H26O6Si2. The molecule has 0 fully saturated rings. The molecule has 0 aromatic carbocycles. The highest BCUT2D eigenvalue weighted by molar-refractivity contribution is 6.70. The Labute approximate surface area is 122 Å². The van der Waals surface area contributed by atoms with E-state index in [9.17, 15) is 9.59 Å². The minimum absolute atomic E-state index is 0.578. The maximum absolute atomic E-state index is 11.2. The fraction of sp³-hybridized carbons (Fsp3) is 0.833. The van der Waals surface area contributed by atoms with Gasteiger partial charge in [0.15, 0.2) is 22.6 Å². The topological polar surface area (TPSA) is 93.1 Å². The molecular weight excluding hydrogens is 296 g/mol. The standard InChI is InChI=1S/C12H26O6Si2/c1-8(17-19(2,3)4)10(18-20(5,6)7)9(11(13)14)12(15)16/h8-10H,1-7H3,(H,13,14)(H,15,16). The van der Waals surface area contributed by atoms with Crippen molar-refractivity contribution in [3.8, 4) is 0 Å². The van der Waals surface area contributed by atoms with Crippen LogP contribution in [0.25, 0.3) is 0 Å². The zero-order valence-electron chi connectivity index (χ0n) is 13.3. The molecule has 0 spiro atoms. The summed E-state index contributed by atoms with van der Waals surface area (Å²) in [5.41, 5.74) is 0. The second kappa shape index (κ2) is 6.83. The molecule has 0 aliphatic heterocycles. The van der Waals surface area contributed by atoms with Gasteiger partial charge in [-0.05, 0) is 46.2 Å². The smallest absolute Gasteiger partial charge is 0.320 e. The SMILES string of the molecule is CC(O[Si](C)(C)C)C(O[Si](C)(C)C)C(C(=O)O)C(=O)O. The molecule has 0 aromatic heterocycles. The third-order valence-electron chi connectivity index (χ3n) is 2.35. The number of rotatable bonds is 8. The predicted molar refractivity (Wildman–Crippen MR) is 80.9 cm³/mol. The van der Waals surface area contributed by atoms with Gasteiger partial charge in [0.25, 0.3) is 0 Å². The normalized spacial score (nSPS) is 16.0. The molecule has 6 nitrogen and oxygen atoms in total. The van der Waals surface area contributed by atoms with Gasteiger partial charge in [-0.3, -0.25) is 9.59 Å². The first-order valence-electron chi connectivity index (χ1n) is 6.56. The number of carboxylic acids is 2. The summed E-state index contributed by atoms with van der Waals surface area (Å²) in [4.78, 5) is 22.5. The maximum Gasteiger partial charge on any atom is 0.320 e. The number of carbonyl (C=O) groups is 2. The highest BCUT2D eigenvalue weighted by Crippen LogP contribution is 2.23.